The van der Waals surface area contributed by atoms with Crippen LogP contribution in [-0.2, 0) is 4.79 Å². The maximum absolute atomic E-state index is 13.9. The number of benzene rings is 2. The zero-order chi connectivity index (χ0) is 19.8. The molecule has 2 aromatic carbocycles. The Morgan fingerprint density at radius 1 is 1.21 bits per heavy atom. The summed E-state index contributed by atoms with van der Waals surface area (Å²) < 4.78 is 19.3. The van der Waals surface area contributed by atoms with E-state index in [9.17, 15) is 9.18 Å². The van der Waals surface area contributed by atoms with E-state index < -0.39 is 0 Å². The Kier molecular flexibility index (Phi) is 4.58. The van der Waals surface area contributed by atoms with E-state index in [1.54, 1.807) is 24.0 Å². The lowest BCUT2D eigenvalue weighted by atomic mass is 10.1. The van der Waals surface area contributed by atoms with Crippen LogP contribution in [0.2, 0.25) is 0 Å². The van der Waals surface area contributed by atoms with Crippen molar-refractivity contribution < 1.29 is 13.7 Å². The SMILES string of the molecule is Cc1ccc(N2CC(c3noc(-c4cccc(N(C)C)c4)n3)CC2=O)cc1F. The number of aryl methyl sites for hydroxylation is 1. The molecule has 7 heteroatoms. The molecular weight excluding hydrogens is 359 g/mol. The summed E-state index contributed by atoms with van der Waals surface area (Å²) in [6.07, 6.45) is 0.270. The van der Waals surface area contributed by atoms with Gasteiger partial charge in [0.25, 0.3) is 5.89 Å². The first-order valence-corrected chi connectivity index (χ1v) is 9.10. The summed E-state index contributed by atoms with van der Waals surface area (Å²) >= 11 is 0. The zero-order valence-electron chi connectivity index (χ0n) is 16.0. The number of amides is 1. The minimum Gasteiger partial charge on any atom is -0.378 e. The molecule has 2 heterocycles. The zero-order valence-corrected chi connectivity index (χ0v) is 16.0. The normalized spacial score (nSPS) is 16.6. The van der Waals surface area contributed by atoms with Crippen molar-refractivity contribution >= 4 is 17.3 Å². The van der Waals surface area contributed by atoms with Crippen LogP contribution in [0.5, 0.6) is 0 Å². The summed E-state index contributed by atoms with van der Waals surface area (Å²) in [6.45, 7) is 2.10. The van der Waals surface area contributed by atoms with Gasteiger partial charge in [-0.1, -0.05) is 17.3 Å². The Bertz CT molecular complexity index is 1030. The third kappa shape index (κ3) is 3.35. The highest BCUT2D eigenvalue weighted by Crippen LogP contribution is 2.32. The van der Waals surface area contributed by atoms with Crippen molar-refractivity contribution in [2.75, 3.05) is 30.4 Å². The molecule has 6 nitrogen and oxygen atoms in total. The fourth-order valence-electron chi connectivity index (χ4n) is 3.31. The Labute approximate surface area is 162 Å². The minimum atomic E-state index is -0.323. The van der Waals surface area contributed by atoms with Gasteiger partial charge in [-0.15, -0.1) is 0 Å². The molecule has 0 spiro atoms. The van der Waals surface area contributed by atoms with Gasteiger partial charge in [-0.3, -0.25) is 4.79 Å². The number of aromatic nitrogens is 2. The molecular formula is C21H21FN4O2. The van der Waals surface area contributed by atoms with E-state index in [1.165, 1.54) is 6.07 Å². The van der Waals surface area contributed by atoms with E-state index in [4.69, 9.17) is 4.52 Å². The number of carbonyl (C=O) groups is 1. The largest absolute Gasteiger partial charge is 0.378 e. The summed E-state index contributed by atoms with van der Waals surface area (Å²) in [5.41, 5.74) is 2.96. The first kappa shape index (κ1) is 18.2. The fourth-order valence-corrected chi connectivity index (χ4v) is 3.31. The lowest BCUT2D eigenvalue weighted by molar-refractivity contribution is -0.117. The molecule has 1 unspecified atom stereocenters. The highest BCUT2D eigenvalue weighted by Gasteiger charge is 2.34. The summed E-state index contributed by atoms with van der Waals surface area (Å²) in [4.78, 5) is 20.5. The van der Waals surface area contributed by atoms with Gasteiger partial charge >= 0.3 is 0 Å². The molecule has 0 saturated carbocycles. The van der Waals surface area contributed by atoms with Crippen LogP contribution in [0.4, 0.5) is 15.8 Å². The first-order chi connectivity index (χ1) is 13.4. The van der Waals surface area contributed by atoms with E-state index in [2.05, 4.69) is 10.1 Å². The average Bonchev–Trinajstić information content (AvgIpc) is 3.31. The second kappa shape index (κ2) is 7.07. The van der Waals surface area contributed by atoms with Crippen molar-refractivity contribution in [1.29, 1.82) is 0 Å². The van der Waals surface area contributed by atoms with Gasteiger partial charge in [0.1, 0.15) is 5.82 Å². The van der Waals surface area contributed by atoms with Crippen molar-refractivity contribution in [3.63, 3.8) is 0 Å². The van der Waals surface area contributed by atoms with E-state index in [0.717, 1.165) is 11.3 Å². The Balaban J connectivity index is 1.55. The Morgan fingerprint density at radius 3 is 2.79 bits per heavy atom. The highest BCUT2D eigenvalue weighted by molar-refractivity contribution is 5.96. The molecule has 4 rings (SSSR count). The molecule has 1 amide bonds. The second-order valence-corrected chi connectivity index (χ2v) is 7.24. The van der Waals surface area contributed by atoms with Crippen LogP contribution in [0, 0.1) is 12.7 Å². The second-order valence-electron chi connectivity index (χ2n) is 7.24. The molecule has 0 bridgehead atoms. The van der Waals surface area contributed by atoms with Crippen molar-refractivity contribution in [2.45, 2.75) is 19.3 Å². The van der Waals surface area contributed by atoms with Crippen LogP contribution in [0.3, 0.4) is 0 Å². The summed E-state index contributed by atoms with van der Waals surface area (Å²) in [5, 5.41) is 4.09. The number of carbonyl (C=O) groups excluding carboxylic acids is 1. The first-order valence-electron chi connectivity index (χ1n) is 9.10. The molecule has 0 aliphatic carbocycles. The highest BCUT2D eigenvalue weighted by atomic mass is 19.1. The number of nitrogens with zero attached hydrogens (tertiary/aromatic N) is 4. The van der Waals surface area contributed by atoms with Gasteiger partial charge in [0.15, 0.2) is 5.82 Å². The lowest BCUT2D eigenvalue weighted by Crippen LogP contribution is -2.24. The molecule has 1 fully saturated rings. The molecule has 1 aliphatic rings. The van der Waals surface area contributed by atoms with Crippen LogP contribution < -0.4 is 9.80 Å². The van der Waals surface area contributed by atoms with Crippen LogP contribution in [-0.4, -0.2) is 36.7 Å². The van der Waals surface area contributed by atoms with Crippen LogP contribution in [0.25, 0.3) is 11.5 Å². The van der Waals surface area contributed by atoms with Crippen molar-refractivity contribution in [3.05, 3.63) is 59.7 Å². The lowest BCUT2D eigenvalue weighted by Gasteiger charge is -2.16. The summed E-state index contributed by atoms with van der Waals surface area (Å²) in [7, 11) is 3.93. The minimum absolute atomic E-state index is 0.0748. The maximum Gasteiger partial charge on any atom is 0.258 e. The Morgan fingerprint density at radius 2 is 2.04 bits per heavy atom. The maximum atomic E-state index is 13.9. The Hall–Kier alpha value is -3.22. The van der Waals surface area contributed by atoms with Crippen molar-refractivity contribution in [3.8, 4) is 11.5 Å². The van der Waals surface area contributed by atoms with E-state index in [0.29, 0.717) is 29.5 Å². The molecule has 1 aromatic heterocycles. The van der Waals surface area contributed by atoms with Gasteiger partial charge in [0.05, 0.1) is 0 Å². The van der Waals surface area contributed by atoms with E-state index in [-0.39, 0.29) is 24.1 Å². The third-order valence-corrected chi connectivity index (χ3v) is 5.01. The predicted octanol–water partition coefficient (Wildman–Crippen LogP) is 3.77. The molecule has 1 saturated heterocycles. The van der Waals surface area contributed by atoms with Crippen molar-refractivity contribution in [2.24, 2.45) is 0 Å². The summed E-state index contributed by atoms with van der Waals surface area (Å²) in [5.74, 6) is 0.330. The van der Waals surface area contributed by atoms with Crippen LogP contribution in [0.15, 0.2) is 47.0 Å². The number of anilines is 2. The molecule has 3 aromatic rings. The average molecular weight is 380 g/mol. The fraction of sp³-hybridized carbons (Fsp3) is 0.286. The predicted molar refractivity (Wildman–Crippen MR) is 105 cm³/mol. The van der Waals surface area contributed by atoms with Gasteiger partial charge in [-0.25, -0.2) is 4.39 Å². The topological polar surface area (TPSA) is 62.5 Å². The molecule has 0 N–H and O–H groups in total. The van der Waals surface area contributed by atoms with Crippen LogP contribution >= 0.6 is 0 Å². The quantitative estimate of drug-likeness (QED) is 0.689. The van der Waals surface area contributed by atoms with Crippen molar-refractivity contribution in [1.82, 2.24) is 10.1 Å². The standard InChI is InChI=1S/C21H21FN4O2/c1-13-7-8-17(11-18(13)22)26-12-15(10-19(26)27)20-23-21(28-24-20)14-5-4-6-16(9-14)25(2)3/h4-9,11,15H,10,12H2,1-3H3. The summed E-state index contributed by atoms with van der Waals surface area (Å²) in [6, 6.07) is 12.6. The number of hydrogen-bond acceptors (Lipinski definition) is 5. The van der Waals surface area contributed by atoms with Gasteiger partial charge in [-0.2, -0.15) is 4.98 Å². The third-order valence-electron chi connectivity index (χ3n) is 5.01. The monoisotopic (exact) mass is 380 g/mol. The molecule has 1 aliphatic heterocycles. The molecule has 144 valence electrons. The smallest absolute Gasteiger partial charge is 0.258 e. The molecule has 1 atom stereocenters. The van der Waals surface area contributed by atoms with E-state index in [1.807, 2.05) is 43.3 Å². The van der Waals surface area contributed by atoms with E-state index >= 15 is 0 Å². The number of rotatable bonds is 4. The van der Waals surface area contributed by atoms with Crippen LogP contribution in [0.1, 0.15) is 23.7 Å². The molecule has 28 heavy (non-hydrogen) atoms. The van der Waals surface area contributed by atoms with Gasteiger partial charge in [0.2, 0.25) is 5.91 Å². The number of halogens is 1. The number of hydrogen-bond donors (Lipinski definition) is 0. The molecule has 0 radical (unpaired) electrons. The van der Waals surface area contributed by atoms with Gasteiger partial charge in [-0.05, 0) is 42.8 Å². The van der Waals surface area contributed by atoms with Gasteiger partial charge in [0, 0.05) is 49.9 Å². The van der Waals surface area contributed by atoms with Gasteiger partial charge < -0.3 is 14.3 Å².